The molecule has 0 aliphatic carbocycles. The van der Waals surface area contributed by atoms with Crippen LogP contribution in [-0.2, 0) is 10.3 Å². The Morgan fingerprint density at radius 2 is 2.46 bits per heavy atom. The van der Waals surface area contributed by atoms with E-state index in [9.17, 15) is 5.11 Å². The minimum Gasteiger partial charge on any atom is -0.382 e. The van der Waals surface area contributed by atoms with Crippen molar-refractivity contribution in [2.75, 3.05) is 13.2 Å². The van der Waals surface area contributed by atoms with Gasteiger partial charge < -0.3 is 9.84 Å². The second-order valence-electron chi connectivity index (χ2n) is 2.88. The maximum atomic E-state index is 10.0. The maximum absolute atomic E-state index is 10.0. The molecule has 0 saturated carbocycles. The Kier molecular flexibility index (Phi) is 3.85. The smallest absolute Gasteiger partial charge is 0.123 e. The predicted molar refractivity (Wildman–Crippen MR) is 55.9 cm³/mol. The molecule has 1 unspecified atom stereocenters. The highest BCUT2D eigenvalue weighted by atomic mass is 79.9. The maximum Gasteiger partial charge on any atom is 0.123 e. The van der Waals surface area contributed by atoms with Gasteiger partial charge in [0.2, 0.25) is 0 Å². The van der Waals surface area contributed by atoms with Crippen molar-refractivity contribution in [2.24, 2.45) is 0 Å². The van der Waals surface area contributed by atoms with E-state index in [0.29, 0.717) is 17.8 Å². The largest absolute Gasteiger partial charge is 0.382 e. The predicted octanol–water partition coefficient (Wildman–Crippen LogP) is 2.15. The lowest BCUT2D eigenvalue weighted by atomic mass is 10.1. The zero-order chi connectivity index (χ0) is 9.90. The van der Waals surface area contributed by atoms with Crippen LogP contribution in [0, 0.1) is 0 Å². The van der Waals surface area contributed by atoms with Gasteiger partial charge in [0.05, 0.1) is 17.0 Å². The Balaban J connectivity index is 2.74. The highest BCUT2D eigenvalue weighted by Gasteiger charge is 2.27. The van der Waals surface area contributed by atoms with Crippen LogP contribution in [0.3, 0.4) is 0 Å². The van der Waals surface area contributed by atoms with E-state index in [-0.39, 0.29) is 0 Å². The van der Waals surface area contributed by atoms with Crippen molar-refractivity contribution in [1.29, 1.82) is 0 Å². The van der Waals surface area contributed by atoms with E-state index in [1.165, 1.54) is 11.3 Å². The minimum absolute atomic E-state index is 0.296. The molecule has 0 spiro atoms. The number of aromatic nitrogens is 1. The highest BCUT2D eigenvalue weighted by Crippen LogP contribution is 2.31. The molecule has 1 atom stereocenters. The Labute approximate surface area is 89.9 Å². The molecule has 74 valence electrons. The zero-order valence-corrected chi connectivity index (χ0v) is 9.98. The zero-order valence-electron chi connectivity index (χ0n) is 7.58. The van der Waals surface area contributed by atoms with Crippen molar-refractivity contribution < 1.29 is 9.84 Å². The molecule has 1 aromatic heterocycles. The van der Waals surface area contributed by atoms with Crippen LogP contribution in [-0.4, -0.2) is 23.3 Å². The summed E-state index contributed by atoms with van der Waals surface area (Å²) in [7, 11) is 0. The second kappa shape index (κ2) is 4.50. The number of rotatable bonds is 4. The topological polar surface area (TPSA) is 42.4 Å². The lowest BCUT2D eigenvalue weighted by molar-refractivity contribution is -0.0324. The third-order valence-corrected chi connectivity index (χ3v) is 3.54. The van der Waals surface area contributed by atoms with Gasteiger partial charge in [-0.25, -0.2) is 4.98 Å². The quantitative estimate of drug-likeness (QED) is 0.908. The number of aliphatic hydroxyl groups is 1. The lowest BCUT2D eigenvalue weighted by Crippen LogP contribution is -2.27. The average molecular weight is 266 g/mol. The third kappa shape index (κ3) is 2.74. The van der Waals surface area contributed by atoms with Gasteiger partial charge in [-0.05, 0) is 29.8 Å². The molecule has 1 rings (SSSR count). The fourth-order valence-electron chi connectivity index (χ4n) is 0.948. The van der Waals surface area contributed by atoms with E-state index in [2.05, 4.69) is 20.9 Å². The highest BCUT2D eigenvalue weighted by molar-refractivity contribution is 9.10. The first-order valence-electron chi connectivity index (χ1n) is 3.97. The Morgan fingerprint density at radius 3 is 2.92 bits per heavy atom. The van der Waals surface area contributed by atoms with E-state index in [4.69, 9.17) is 4.74 Å². The lowest BCUT2D eigenvalue weighted by Gasteiger charge is -2.21. The molecule has 0 aromatic carbocycles. The summed E-state index contributed by atoms with van der Waals surface area (Å²) in [6.07, 6.45) is 0. The van der Waals surface area contributed by atoms with Crippen LogP contribution in [0.25, 0.3) is 0 Å². The molecule has 0 aliphatic heterocycles. The molecule has 5 heteroatoms. The van der Waals surface area contributed by atoms with Crippen LogP contribution < -0.4 is 0 Å². The van der Waals surface area contributed by atoms with E-state index in [1.54, 1.807) is 12.4 Å². The SMILES string of the molecule is CCOCC(C)(O)c1scnc1Br. The first-order chi connectivity index (χ1) is 6.08. The number of halogens is 1. The molecule has 3 nitrogen and oxygen atoms in total. The minimum atomic E-state index is -0.948. The molecule has 1 aromatic rings. The van der Waals surface area contributed by atoms with E-state index in [1.807, 2.05) is 6.92 Å². The van der Waals surface area contributed by atoms with Gasteiger partial charge in [0.15, 0.2) is 0 Å². The molecular weight excluding hydrogens is 254 g/mol. The number of thiazole rings is 1. The molecule has 0 bridgehead atoms. The van der Waals surface area contributed by atoms with Gasteiger partial charge in [0, 0.05) is 6.61 Å². The van der Waals surface area contributed by atoms with Gasteiger partial charge in [-0.15, -0.1) is 11.3 Å². The average Bonchev–Trinajstić information content (AvgIpc) is 2.48. The van der Waals surface area contributed by atoms with Crippen LogP contribution in [0.15, 0.2) is 10.1 Å². The summed E-state index contributed by atoms with van der Waals surface area (Å²) in [5.41, 5.74) is 0.746. The van der Waals surface area contributed by atoms with E-state index < -0.39 is 5.60 Å². The molecule has 0 aliphatic rings. The van der Waals surface area contributed by atoms with Gasteiger partial charge in [-0.3, -0.25) is 0 Å². The summed E-state index contributed by atoms with van der Waals surface area (Å²) >= 11 is 4.70. The summed E-state index contributed by atoms with van der Waals surface area (Å²) in [5.74, 6) is 0. The summed E-state index contributed by atoms with van der Waals surface area (Å²) < 4.78 is 5.88. The van der Waals surface area contributed by atoms with Crippen molar-refractivity contribution in [2.45, 2.75) is 19.4 Å². The van der Waals surface area contributed by atoms with Crippen LogP contribution >= 0.6 is 27.3 Å². The molecule has 0 radical (unpaired) electrons. The van der Waals surface area contributed by atoms with Gasteiger partial charge >= 0.3 is 0 Å². The van der Waals surface area contributed by atoms with Crippen molar-refractivity contribution in [1.82, 2.24) is 4.98 Å². The molecule has 13 heavy (non-hydrogen) atoms. The molecule has 0 saturated heterocycles. The van der Waals surface area contributed by atoms with Crippen molar-refractivity contribution in [3.05, 3.63) is 15.0 Å². The summed E-state index contributed by atoms with van der Waals surface area (Å²) in [6, 6.07) is 0. The van der Waals surface area contributed by atoms with Crippen molar-refractivity contribution in [3.8, 4) is 0 Å². The molecule has 0 fully saturated rings. The third-order valence-electron chi connectivity index (χ3n) is 1.60. The van der Waals surface area contributed by atoms with Crippen LogP contribution in [0.4, 0.5) is 0 Å². The van der Waals surface area contributed by atoms with Crippen LogP contribution in [0.5, 0.6) is 0 Å². The Morgan fingerprint density at radius 1 is 1.77 bits per heavy atom. The summed E-state index contributed by atoms with van der Waals surface area (Å²) in [6.45, 7) is 4.52. The number of hydrogen-bond acceptors (Lipinski definition) is 4. The molecule has 1 N–H and O–H groups in total. The fraction of sp³-hybridized carbons (Fsp3) is 0.625. The van der Waals surface area contributed by atoms with Gasteiger partial charge in [0.1, 0.15) is 10.2 Å². The summed E-state index contributed by atoms with van der Waals surface area (Å²) in [5, 5.41) is 10.0. The Hall–Kier alpha value is 0.0300. The van der Waals surface area contributed by atoms with Crippen LogP contribution in [0.2, 0.25) is 0 Å². The summed E-state index contributed by atoms with van der Waals surface area (Å²) in [4.78, 5) is 4.82. The van der Waals surface area contributed by atoms with Crippen molar-refractivity contribution >= 4 is 27.3 Å². The second-order valence-corrected chi connectivity index (χ2v) is 4.49. The van der Waals surface area contributed by atoms with Gasteiger partial charge in [0.25, 0.3) is 0 Å². The molecular formula is C8H12BrNO2S. The fourth-order valence-corrected chi connectivity index (χ4v) is 2.62. The molecule has 1 heterocycles. The number of hydrogen-bond donors (Lipinski definition) is 1. The van der Waals surface area contributed by atoms with Gasteiger partial charge in [-0.1, -0.05) is 0 Å². The van der Waals surface area contributed by atoms with E-state index >= 15 is 0 Å². The standard InChI is InChI=1S/C8H12BrNO2S/c1-3-12-4-8(2,11)6-7(9)10-5-13-6/h5,11H,3-4H2,1-2H3. The first kappa shape index (κ1) is 11.1. The van der Waals surface area contributed by atoms with E-state index in [0.717, 1.165) is 4.88 Å². The van der Waals surface area contributed by atoms with Gasteiger partial charge in [-0.2, -0.15) is 0 Å². The first-order valence-corrected chi connectivity index (χ1v) is 5.64. The Bertz CT molecular complexity index is 275. The molecule has 0 amide bonds. The monoisotopic (exact) mass is 265 g/mol. The van der Waals surface area contributed by atoms with Crippen LogP contribution in [0.1, 0.15) is 18.7 Å². The normalized spacial score (nSPS) is 15.7. The number of nitrogens with zero attached hydrogens (tertiary/aromatic N) is 1. The van der Waals surface area contributed by atoms with Crippen molar-refractivity contribution in [3.63, 3.8) is 0 Å². The number of ether oxygens (including phenoxy) is 1.